The number of alkyl halides is 2. The predicted molar refractivity (Wildman–Crippen MR) is 119 cm³/mol. The van der Waals surface area contributed by atoms with Gasteiger partial charge in [0.25, 0.3) is 6.43 Å². The van der Waals surface area contributed by atoms with Gasteiger partial charge in [0.05, 0.1) is 11.2 Å². The largest absolute Gasteiger partial charge is 0.495 e. The molecule has 0 aliphatic carbocycles. The number of nitrogens with zero attached hydrogens (tertiary/aromatic N) is 2. The van der Waals surface area contributed by atoms with Crippen LogP contribution in [0.4, 0.5) is 8.78 Å². The Morgan fingerprint density at radius 2 is 1.58 bits per heavy atom. The first-order chi connectivity index (χ1) is 14.6. The lowest BCUT2D eigenvalue weighted by Gasteiger charge is -2.32. The summed E-state index contributed by atoms with van der Waals surface area (Å²) in [5.41, 5.74) is 2.98. The van der Waals surface area contributed by atoms with Gasteiger partial charge in [0.1, 0.15) is 5.82 Å². The van der Waals surface area contributed by atoms with Crippen LogP contribution in [0.15, 0.2) is 54.7 Å². The molecule has 162 valence electrons. The fourth-order valence-corrected chi connectivity index (χ4v) is 3.72. The maximum absolute atomic E-state index is 12.9. The van der Waals surface area contributed by atoms with E-state index in [0.717, 1.165) is 28.1 Å². The van der Waals surface area contributed by atoms with Crippen LogP contribution in [-0.4, -0.2) is 27.9 Å². The molecule has 0 saturated carbocycles. The Morgan fingerprint density at radius 1 is 0.968 bits per heavy atom. The van der Waals surface area contributed by atoms with Crippen LogP contribution in [0.1, 0.15) is 50.9 Å². The third kappa shape index (κ3) is 4.04. The van der Waals surface area contributed by atoms with Crippen molar-refractivity contribution >= 4 is 12.6 Å². The van der Waals surface area contributed by atoms with Gasteiger partial charge in [-0.05, 0) is 45.6 Å². The lowest BCUT2D eigenvalue weighted by Crippen LogP contribution is -2.41. The Morgan fingerprint density at radius 3 is 2.19 bits per heavy atom. The van der Waals surface area contributed by atoms with Crippen LogP contribution in [-0.2, 0) is 15.9 Å². The molecule has 0 unspecified atom stereocenters. The summed E-state index contributed by atoms with van der Waals surface area (Å²) in [6.07, 6.45) is -0.685. The summed E-state index contributed by atoms with van der Waals surface area (Å²) in [4.78, 5) is 4.54. The minimum absolute atomic E-state index is 0.00434. The molecular formula is C24H27BF2N2O2. The highest BCUT2D eigenvalue weighted by Crippen LogP contribution is 2.36. The van der Waals surface area contributed by atoms with Gasteiger partial charge in [-0.15, -0.1) is 0 Å². The number of aromatic nitrogens is 2. The van der Waals surface area contributed by atoms with E-state index in [4.69, 9.17) is 9.31 Å². The molecule has 4 nitrogen and oxygen atoms in total. The predicted octanol–water partition coefficient (Wildman–Crippen LogP) is 5.14. The molecule has 1 saturated heterocycles. The van der Waals surface area contributed by atoms with E-state index in [2.05, 4.69) is 15.6 Å². The van der Waals surface area contributed by atoms with Gasteiger partial charge in [-0.25, -0.2) is 13.8 Å². The highest BCUT2D eigenvalue weighted by atomic mass is 19.3. The number of rotatable bonds is 5. The van der Waals surface area contributed by atoms with Crippen molar-refractivity contribution in [1.82, 2.24) is 9.55 Å². The van der Waals surface area contributed by atoms with Crippen LogP contribution in [0.25, 0.3) is 11.4 Å². The van der Waals surface area contributed by atoms with Gasteiger partial charge < -0.3 is 13.9 Å². The Kier molecular flexibility index (Phi) is 5.52. The average Bonchev–Trinajstić information content (AvgIpc) is 3.18. The fraction of sp³-hybridized carbons (Fsp3) is 0.375. The van der Waals surface area contributed by atoms with Gasteiger partial charge in [0, 0.05) is 29.6 Å². The summed E-state index contributed by atoms with van der Waals surface area (Å²) in [6.45, 7) is 10.7. The van der Waals surface area contributed by atoms with Crippen LogP contribution in [0.5, 0.6) is 0 Å². The van der Waals surface area contributed by atoms with E-state index in [1.807, 2.05) is 52.8 Å². The van der Waals surface area contributed by atoms with Gasteiger partial charge in [-0.3, -0.25) is 0 Å². The van der Waals surface area contributed by atoms with Crippen LogP contribution < -0.4 is 5.46 Å². The molecular weight excluding hydrogens is 397 g/mol. The topological polar surface area (TPSA) is 36.3 Å². The Hall–Kier alpha value is -2.51. The van der Waals surface area contributed by atoms with Crippen molar-refractivity contribution in [2.24, 2.45) is 0 Å². The van der Waals surface area contributed by atoms with Crippen molar-refractivity contribution in [3.05, 3.63) is 71.5 Å². The Bertz CT molecular complexity index is 1060. The number of aryl methyl sites for hydroxylation is 1. The fourth-order valence-electron chi connectivity index (χ4n) is 3.72. The molecule has 7 heteroatoms. The molecule has 0 bridgehead atoms. The van der Waals surface area contributed by atoms with Crippen LogP contribution in [0.3, 0.4) is 0 Å². The second-order valence-electron chi connectivity index (χ2n) is 9.02. The van der Waals surface area contributed by atoms with Crippen molar-refractivity contribution < 1.29 is 18.1 Å². The van der Waals surface area contributed by atoms with Crippen molar-refractivity contribution in [2.75, 3.05) is 0 Å². The molecule has 0 amide bonds. The molecule has 1 aromatic heterocycles. The van der Waals surface area contributed by atoms with E-state index in [0.29, 0.717) is 6.54 Å². The van der Waals surface area contributed by atoms with Crippen molar-refractivity contribution in [1.29, 1.82) is 0 Å². The summed E-state index contributed by atoms with van der Waals surface area (Å²) >= 11 is 0. The molecule has 1 aliphatic heterocycles. The zero-order valence-electron chi connectivity index (χ0n) is 18.5. The van der Waals surface area contributed by atoms with Crippen LogP contribution >= 0.6 is 0 Å². The van der Waals surface area contributed by atoms with Crippen LogP contribution in [0.2, 0.25) is 0 Å². The van der Waals surface area contributed by atoms with Gasteiger partial charge in [-0.2, -0.15) is 0 Å². The number of hydrogen-bond acceptors (Lipinski definition) is 3. The van der Waals surface area contributed by atoms with Gasteiger partial charge >= 0.3 is 7.12 Å². The molecule has 2 aromatic carbocycles. The molecule has 0 spiro atoms. The summed E-state index contributed by atoms with van der Waals surface area (Å²) in [5.74, 6) is 0.738. The lowest BCUT2D eigenvalue weighted by atomic mass is 9.76. The molecule has 0 radical (unpaired) electrons. The zero-order valence-corrected chi connectivity index (χ0v) is 18.5. The third-order valence-electron chi connectivity index (χ3n) is 6.37. The normalized spacial score (nSPS) is 17.5. The van der Waals surface area contributed by atoms with E-state index in [1.165, 1.54) is 12.1 Å². The second kappa shape index (κ2) is 7.88. The molecule has 0 atom stereocenters. The molecule has 1 aliphatic rings. The maximum atomic E-state index is 12.9. The molecule has 4 rings (SSSR count). The average molecular weight is 424 g/mol. The minimum Gasteiger partial charge on any atom is -0.399 e. The molecule has 0 N–H and O–H groups in total. The SMILES string of the molecule is Cc1cnc(-c2ccc(C(F)F)cc2)n1Cc1ccccc1B1OC(C)(C)C(C)(C)O1. The first-order valence-electron chi connectivity index (χ1n) is 10.4. The molecule has 31 heavy (non-hydrogen) atoms. The first-order valence-corrected chi connectivity index (χ1v) is 10.4. The molecule has 2 heterocycles. The van der Waals surface area contributed by atoms with Crippen molar-refractivity contribution in [3.8, 4) is 11.4 Å². The quantitative estimate of drug-likeness (QED) is 0.532. The third-order valence-corrected chi connectivity index (χ3v) is 6.37. The van der Waals surface area contributed by atoms with Crippen LogP contribution in [0, 0.1) is 6.92 Å². The number of hydrogen-bond donors (Lipinski definition) is 0. The number of benzene rings is 2. The summed E-state index contributed by atoms with van der Waals surface area (Å²) in [6, 6.07) is 14.4. The molecule has 3 aromatic rings. The number of halogens is 2. The van der Waals surface area contributed by atoms with Gasteiger partial charge in [0.15, 0.2) is 0 Å². The second-order valence-corrected chi connectivity index (χ2v) is 9.02. The van der Waals surface area contributed by atoms with E-state index in [-0.39, 0.29) is 5.56 Å². The Balaban J connectivity index is 1.67. The summed E-state index contributed by atoms with van der Waals surface area (Å²) < 4.78 is 40.5. The standard InChI is InChI=1S/C24H27BF2N2O2/c1-16-14-28-22(18-12-10-17(11-13-18)21(26)27)29(16)15-19-8-6-7-9-20(19)25-30-23(2,3)24(4,5)31-25/h6-14,21H,15H2,1-5H3. The lowest BCUT2D eigenvalue weighted by molar-refractivity contribution is 0.00578. The summed E-state index contributed by atoms with van der Waals surface area (Å²) in [5, 5.41) is 0. The Labute approximate surface area is 182 Å². The highest BCUT2D eigenvalue weighted by Gasteiger charge is 2.52. The van der Waals surface area contributed by atoms with Gasteiger partial charge in [0.2, 0.25) is 0 Å². The highest BCUT2D eigenvalue weighted by molar-refractivity contribution is 6.62. The monoisotopic (exact) mass is 424 g/mol. The van der Waals surface area contributed by atoms with E-state index in [1.54, 1.807) is 18.3 Å². The van der Waals surface area contributed by atoms with Crippen molar-refractivity contribution in [3.63, 3.8) is 0 Å². The van der Waals surface area contributed by atoms with E-state index >= 15 is 0 Å². The van der Waals surface area contributed by atoms with Crippen molar-refractivity contribution in [2.45, 2.75) is 58.8 Å². The first kappa shape index (κ1) is 21.7. The van der Waals surface area contributed by atoms with E-state index in [9.17, 15) is 8.78 Å². The smallest absolute Gasteiger partial charge is 0.399 e. The minimum atomic E-state index is -2.48. The molecule has 1 fully saturated rings. The van der Waals surface area contributed by atoms with Gasteiger partial charge in [-0.1, -0.05) is 48.5 Å². The summed E-state index contributed by atoms with van der Waals surface area (Å²) in [7, 11) is -0.459. The number of imidazole rings is 1. The zero-order chi connectivity index (χ0) is 22.4. The van der Waals surface area contributed by atoms with E-state index < -0.39 is 24.7 Å². The maximum Gasteiger partial charge on any atom is 0.495 e.